The van der Waals surface area contributed by atoms with Gasteiger partial charge in [-0.15, -0.1) is 0 Å². The molecule has 2 unspecified atom stereocenters. The maximum absolute atomic E-state index is 3.81. The Kier molecular flexibility index (Phi) is 4.55. The maximum Gasteiger partial charge on any atom is 0.0649 e. The fourth-order valence-electron chi connectivity index (χ4n) is 4.67. The first-order valence-electron chi connectivity index (χ1n) is 10.5. The van der Waals surface area contributed by atoms with E-state index in [0.29, 0.717) is 0 Å². The Balaban J connectivity index is 1.62. The lowest BCUT2D eigenvalue weighted by atomic mass is 9.71. The lowest BCUT2D eigenvalue weighted by molar-refractivity contribution is 0.514. The number of anilines is 3. The number of benzene rings is 4. The SMILES string of the molecule is Cc1ccccc1Nc1ccc2c(c1)C(C)(c1ccccc1)C(c1ccccc1)N2. The molecule has 0 radical (unpaired) electrons. The van der Waals surface area contributed by atoms with Crippen molar-refractivity contribution in [1.29, 1.82) is 0 Å². The minimum atomic E-state index is -0.179. The van der Waals surface area contributed by atoms with Gasteiger partial charge in [-0.1, -0.05) is 78.9 Å². The molecule has 2 N–H and O–H groups in total. The summed E-state index contributed by atoms with van der Waals surface area (Å²) >= 11 is 0. The molecule has 0 bridgehead atoms. The summed E-state index contributed by atoms with van der Waals surface area (Å²) in [6.45, 7) is 4.49. The van der Waals surface area contributed by atoms with Crippen LogP contribution in [0.25, 0.3) is 0 Å². The first-order chi connectivity index (χ1) is 14.7. The third-order valence-corrected chi connectivity index (χ3v) is 6.39. The van der Waals surface area contributed by atoms with Crippen molar-refractivity contribution >= 4 is 17.1 Å². The highest BCUT2D eigenvalue weighted by Gasteiger charge is 2.45. The molecule has 0 fully saturated rings. The van der Waals surface area contributed by atoms with Gasteiger partial charge in [0.2, 0.25) is 0 Å². The summed E-state index contributed by atoms with van der Waals surface area (Å²) in [7, 11) is 0. The highest BCUT2D eigenvalue weighted by atomic mass is 15.0. The molecule has 1 aliphatic rings. The number of para-hydroxylation sites is 1. The van der Waals surface area contributed by atoms with Crippen molar-refractivity contribution in [2.45, 2.75) is 25.3 Å². The summed E-state index contributed by atoms with van der Waals surface area (Å²) in [5, 5.41) is 7.43. The van der Waals surface area contributed by atoms with E-state index < -0.39 is 0 Å². The summed E-state index contributed by atoms with van der Waals surface area (Å²) < 4.78 is 0. The van der Waals surface area contributed by atoms with Crippen LogP contribution in [0.5, 0.6) is 0 Å². The zero-order valence-corrected chi connectivity index (χ0v) is 17.4. The Morgan fingerprint density at radius 3 is 2.17 bits per heavy atom. The fraction of sp³-hybridized carbons (Fsp3) is 0.143. The number of hydrogen-bond acceptors (Lipinski definition) is 2. The van der Waals surface area contributed by atoms with Gasteiger partial charge in [0.1, 0.15) is 0 Å². The molecule has 0 aromatic heterocycles. The number of fused-ring (bicyclic) bond motifs is 1. The van der Waals surface area contributed by atoms with Crippen molar-refractivity contribution < 1.29 is 0 Å². The van der Waals surface area contributed by atoms with Crippen LogP contribution in [0.3, 0.4) is 0 Å². The van der Waals surface area contributed by atoms with Crippen molar-refractivity contribution in [3.63, 3.8) is 0 Å². The van der Waals surface area contributed by atoms with Crippen LogP contribution < -0.4 is 10.6 Å². The molecule has 4 aromatic rings. The zero-order valence-electron chi connectivity index (χ0n) is 17.4. The van der Waals surface area contributed by atoms with Crippen LogP contribution >= 0.6 is 0 Å². The van der Waals surface area contributed by atoms with Crippen molar-refractivity contribution in [2.75, 3.05) is 10.6 Å². The van der Waals surface area contributed by atoms with Gasteiger partial charge in [0.25, 0.3) is 0 Å². The lowest BCUT2D eigenvalue weighted by Gasteiger charge is -2.33. The number of rotatable bonds is 4. The van der Waals surface area contributed by atoms with E-state index in [0.717, 1.165) is 11.4 Å². The van der Waals surface area contributed by atoms with Gasteiger partial charge in [-0.25, -0.2) is 0 Å². The summed E-state index contributed by atoms with van der Waals surface area (Å²) in [5.74, 6) is 0. The monoisotopic (exact) mass is 390 g/mol. The first-order valence-corrected chi connectivity index (χ1v) is 10.5. The fourth-order valence-corrected chi connectivity index (χ4v) is 4.67. The molecule has 1 heterocycles. The van der Waals surface area contributed by atoms with E-state index in [1.807, 2.05) is 0 Å². The van der Waals surface area contributed by atoms with E-state index >= 15 is 0 Å². The van der Waals surface area contributed by atoms with Gasteiger partial charge >= 0.3 is 0 Å². The Bertz CT molecular complexity index is 1170. The molecular formula is C28H26N2. The predicted octanol–water partition coefficient (Wildman–Crippen LogP) is 7.21. The minimum Gasteiger partial charge on any atom is -0.377 e. The molecular weight excluding hydrogens is 364 g/mol. The zero-order chi connectivity index (χ0) is 20.6. The Hall–Kier alpha value is -3.52. The number of aryl methyl sites for hydroxylation is 1. The van der Waals surface area contributed by atoms with E-state index in [1.165, 1.54) is 27.9 Å². The topological polar surface area (TPSA) is 24.1 Å². The molecule has 0 amide bonds. The van der Waals surface area contributed by atoms with Crippen molar-refractivity contribution in [1.82, 2.24) is 0 Å². The normalized spacial score (nSPS) is 19.7. The highest BCUT2D eigenvalue weighted by molar-refractivity contribution is 5.73. The van der Waals surface area contributed by atoms with Crippen LogP contribution in [-0.4, -0.2) is 0 Å². The maximum atomic E-state index is 3.81. The Labute approximate surface area is 178 Å². The minimum absolute atomic E-state index is 0.171. The van der Waals surface area contributed by atoms with E-state index in [-0.39, 0.29) is 11.5 Å². The second-order valence-corrected chi connectivity index (χ2v) is 8.26. The van der Waals surface area contributed by atoms with E-state index in [4.69, 9.17) is 0 Å². The summed E-state index contributed by atoms with van der Waals surface area (Å²) in [6.07, 6.45) is 0. The van der Waals surface area contributed by atoms with Crippen LogP contribution in [0.15, 0.2) is 103 Å². The van der Waals surface area contributed by atoms with Crippen LogP contribution in [-0.2, 0) is 5.41 Å². The Morgan fingerprint density at radius 1 is 0.767 bits per heavy atom. The third kappa shape index (κ3) is 3.05. The molecule has 30 heavy (non-hydrogen) atoms. The predicted molar refractivity (Wildman–Crippen MR) is 127 cm³/mol. The summed E-state index contributed by atoms with van der Waals surface area (Å²) in [4.78, 5) is 0. The van der Waals surface area contributed by atoms with Gasteiger partial charge in [0.15, 0.2) is 0 Å². The third-order valence-electron chi connectivity index (χ3n) is 6.39. The van der Waals surface area contributed by atoms with E-state index in [1.54, 1.807) is 0 Å². The highest BCUT2D eigenvalue weighted by Crippen LogP contribution is 2.53. The van der Waals surface area contributed by atoms with Crippen molar-refractivity contribution in [3.8, 4) is 0 Å². The van der Waals surface area contributed by atoms with Gasteiger partial charge in [-0.05, 0) is 60.4 Å². The average Bonchev–Trinajstić information content (AvgIpc) is 3.10. The van der Waals surface area contributed by atoms with Gasteiger partial charge in [-0.2, -0.15) is 0 Å². The quantitative estimate of drug-likeness (QED) is 0.385. The molecule has 4 aromatic carbocycles. The number of nitrogens with one attached hydrogen (secondary N) is 2. The van der Waals surface area contributed by atoms with Crippen molar-refractivity contribution in [2.24, 2.45) is 0 Å². The largest absolute Gasteiger partial charge is 0.377 e. The molecule has 0 aliphatic carbocycles. The second-order valence-electron chi connectivity index (χ2n) is 8.26. The number of hydrogen-bond donors (Lipinski definition) is 2. The molecule has 0 spiro atoms. The van der Waals surface area contributed by atoms with Gasteiger partial charge in [-0.3, -0.25) is 0 Å². The standard InChI is InChI=1S/C28H26N2/c1-20-11-9-10-16-25(20)29-23-17-18-26-24(19-23)28(2,22-14-7-4-8-15-22)27(30-26)21-12-5-3-6-13-21/h3-19,27,29-30H,1-2H3. The second kappa shape index (κ2) is 7.38. The molecule has 148 valence electrons. The molecule has 0 saturated heterocycles. The molecule has 2 heteroatoms. The van der Waals surface area contributed by atoms with E-state index in [2.05, 4.69) is 128 Å². The average molecular weight is 391 g/mol. The summed E-state index contributed by atoms with van der Waals surface area (Å²) in [6, 6.07) is 36.9. The van der Waals surface area contributed by atoms with Crippen LogP contribution in [0.1, 0.15) is 35.2 Å². The van der Waals surface area contributed by atoms with Crippen LogP contribution in [0.2, 0.25) is 0 Å². The van der Waals surface area contributed by atoms with Gasteiger partial charge < -0.3 is 10.6 Å². The smallest absolute Gasteiger partial charge is 0.0649 e. The molecule has 2 atom stereocenters. The molecule has 0 saturated carbocycles. The first kappa shape index (κ1) is 18.5. The summed E-state index contributed by atoms with van der Waals surface area (Å²) in [5.41, 5.74) is 8.45. The van der Waals surface area contributed by atoms with Gasteiger partial charge in [0, 0.05) is 22.5 Å². The molecule has 2 nitrogen and oxygen atoms in total. The van der Waals surface area contributed by atoms with Crippen molar-refractivity contribution in [3.05, 3.63) is 125 Å². The van der Waals surface area contributed by atoms with E-state index in [9.17, 15) is 0 Å². The lowest BCUT2D eigenvalue weighted by Crippen LogP contribution is -2.30. The van der Waals surface area contributed by atoms with Crippen LogP contribution in [0.4, 0.5) is 17.1 Å². The van der Waals surface area contributed by atoms with Gasteiger partial charge in [0.05, 0.1) is 6.04 Å². The molecule has 1 aliphatic heterocycles. The van der Waals surface area contributed by atoms with Crippen LogP contribution in [0, 0.1) is 6.92 Å². The Morgan fingerprint density at radius 2 is 1.43 bits per heavy atom. The molecule has 5 rings (SSSR count).